The van der Waals surface area contributed by atoms with Gasteiger partial charge in [0.25, 0.3) is 0 Å². The van der Waals surface area contributed by atoms with Crippen LogP contribution < -0.4 is 16.0 Å². The van der Waals surface area contributed by atoms with Crippen molar-refractivity contribution in [3.63, 3.8) is 0 Å². The molecule has 0 unspecified atom stereocenters. The molecule has 240 valence electrons. The third-order valence-corrected chi connectivity index (χ3v) is 6.57. The second-order valence-corrected chi connectivity index (χ2v) is 11.3. The summed E-state index contributed by atoms with van der Waals surface area (Å²) in [6.45, 7) is 8.27. The van der Waals surface area contributed by atoms with Crippen molar-refractivity contribution in [2.45, 2.75) is 77.6 Å². The third-order valence-electron chi connectivity index (χ3n) is 6.20. The number of ether oxygens (including phenoxy) is 3. The summed E-state index contributed by atoms with van der Waals surface area (Å²) in [5, 5.41) is 2.55. The van der Waals surface area contributed by atoms with Gasteiger partial charge in [0.2, 0.25) is 5.91 Å². The summed E-state index contributed by atoms with van der Waals surface area (Å²) in [6.07, 6.45) is -0.653. The molecule has 0 aromatic heterocycles. The first-order chi connectivity index (χ1) is 20.8. The molecule has 0 bridgehead atoms. The molecule has 44 heavy (non-hydrogen) atoms. The molecule has 2 aromatic carbocycles. The number of hydrogen-bond acceptors (Lipinski definition) is 10. The second kappa shape index (κ2) is 17.4. The van der Waals surface area contributed by atoms with Crippen LogP contribution in [-0.4, -0.2) is 72.4 Å². The number of benzene rings is 2. The number of nitrogens with two attached hydrogens (primary N) is 1. The molecule has 0 fully saturated rings. The zero-order valence-corrected chi connectivity index (χ0v) is 26.8. The average molecular weight is 630 g/mol. The molecule has 0 aliphatic rings. The Bertz CT molecular complexity index is 1280. The van der Waals surface area contributed by atoms with Crippen LogP contribution in [0.15, 0.2) is 54.6 Å². The molecular weight excluding hydrogens is 586 g/mol. The van der Waals surface area contributed by atoms with Crippen LogP contribution in [0.25, 0.3) is 0 Å². The lowest BCUT2D eigenvalue weighted by Crippen LogP contribution is -2.58. The molecule has 0 saturated heterocycles. The van der Waals surface area contributed by atoms with Gasteiger partial charge in [-0.2, -0.15) is 12.6 Å². The largest absolute Gasteiger partial charge is 0.465 e. The Balaban J connectivity index is 2.46. The minimum Gasteiger partial charge on any atom is -0.465 e. The highest BCUT2D eigenvalue weighted by molar-refractivity contribution is 7.80. The van der Waals surface area contributed by atoms with Crippen LogP contribution >= 0.6 is 12.6 Å². The van der Waals surface area contributed by atoms with E-state index in [4.69, 9.17) is 19.9 Å². The number of amides is 2. The highest BCUT2D eigenvalue weighted by Gasteiger charge is 2.43. The molecule has 0 aliphatic carbocycles. The minimum atomic E-state index is -1.81. The number of carbonyl (C=O) groups excluding carboxylic acids is 5. The number of nitrogens with zero attached hydrogens (tertiary/aromatic N) is 1. The van der Waals surface area contributed by atoms with Gasteiger partial charge in [-0.15, -0.1) is 0 Å². The summed E-state index contributed by atoms with van der Waals surface area (Å²) in [4.78, 5) is 66.7. The van der Waals surface area contributed by atoms with Crippen LogP contribution in [0.5, 0.6) is 0 Å². The van der Waals surface area contributed by atoms with Crippen molar-refractivity contribution >= 4 is 48.0 Å². The van der Waals surface area contributed by atoms with Gasteiger partial charge in [-0.3, -0.25) is 19.3 Å². The van der Waals surface area contributed by atoms with Gasteiger partial charge >= 0.3 is 18.0 Å². The van der Waals surface area contributed by atoms with Gasteiger partial charge in [0.1, 0.15) is 11.6 Å². The number of esters is 2. The number of nitrogens with one attached hydrogen (secondary N) is 1. The summed E-state index contributed by atoms with van der Waals surface area (Å²) in [7, 11) is 0. The van der Waals surface area contributed by atoms with Crippen LogP contribution in [0, 0.1) is 0 Å². The predicted octanol–water partition coefficient (Wildman–Crippen LogP) is 3.60. The van der Waals surface area contributed by atoms with Gasteiger partial charge < -0.3 is 25.3 Å². The lowest BCUT2D eigenvalue weighted by atomic mass is 10.0. The van der Waals surface area contributed by atoms with E-state index in [1.165, 1.54) is 0 Å². The first-order valence-electron chi connectivity index (χ1n) is 14.5. The Morgan fingerprint density at radius 1 is 0.909 bits per heavy atom. The summed E-state index contributed by atoms with van der Waals surface area (Å²) < 4.78 is 15.7. The zero-order chi connectivity index (χ0) is 32.9. The Morgan fingerprint density at radius 2 is 1.52 bits per heavy atom. The van der Waals surface area contributed by atoms with Gasteiger partial charge in [-0.1, -0.05) is 42.5 Å². The third kappa shape index (κ3) is 11.3. The van der Waals surface area contributed by atoms with Crippen LogP contribution in [0.2, 0.25) is 0 Å². The van der Waals surface area contributed by atoms with Gasteiger partial charge in [0, 0.05) is 17.9 Å². The van der Waals surface area contributed by atoms with Crippen molar-refractivity contribution in [1.82, 2.24) is 5.32 Å². The van der Waals surface area contributed by atoms with E-state index in [0.717, 1.165) is 16.0 Å². The molecule has 2 aromatic rings. The summed E-state index contributed by atoms with van der Waals surface area (Å²) in [6, 6.07) is 12.4. The number of anilines is 1. The number of rotatable bonds is 15. The Morgan fingerprint density at radius 3 is 2.11 bits per heavy atom. The first kappa shape index (κ1) is 36.3. The number of hydrogen-bond donors (Lipinski definition) is 3. The van der Waals surface area contributed by atoms with Crippen molar-refractivity contribution in [3.05, 3.63) is 65.7 Å². The molecule has 11 nitrogen and oxygen atoms in total. The van der Waals surface area contributed by atoms with E-state index < -0.39 is 53.4 Å². The SMILES string of the molecule is CCOC(=O)[C@H](C(=O)[C@H](CS)NC(=O)CC[C@H](N)C(=O)OCC)N(C(=O)OC(C)(C)C)c1cccc(Cc2ccccc2)c1. The van der Waals surface area contributed by atoms with Gasteiger partial charge in [-0.05, 0) is 70.7 Å². The number of carbonyl (C=O) groups is 5. The summed E-state index contributed by atoms with van der Waals surface area (Å²) >= 11 is 4.24. The number of ketones is 1. The normalized spacial score (nSPS) is 13.2. The maximum atomic E-state index is 14.0. The Hall–Kier alpha value is -3.90. The summed E-state index contributed by atoms with van der Waals surface area (Å²) in [5.74, 6) is -3.27. The number of thiol groups is 1. The fourth-order valence-electron chi connectivity index (χ4n) is 4.21. The van der Waals surface area contributed by atoms with Crippen molar-refractivity contribution in [2.24, 2.45) is 5.73 Å². The van der Waals surface area contributed by atoms with E-state index in [0.29, 0.717) is 6.42 Å². The van der Waals surface area contributed by atoms with Gasteiger partial charge in [-0.25, -0.2) is 9.59 Å². The van der Waals surface area contributed by atoms with E-state index in [1.54, 1.807) is 52.8 Å². The first-order valence-corrected chi connectivity index (χ1v) is 15.1. The van der Waals surface area contributed by atoms with Gasteiger partial charge in [0.05, 0.1) is 19.3 Å². The minimum absolute atomic E-state index is 0.0301. The maximum absolute atomic E-state index is 14.0. The number of Topliss-reactive ketones (excluding diaryl/α,β-unsaturated/α-hetero) is 1. The topological polar surface area (TPSA) is 154 Å². The maximum Gasteiger partial charge on any atom is 0.416 e. The van der Waals surface area contributed by atoms with Crippen molar-refractivity contribution in [1.29, 1.82) is 0 Å². The molecular formula is C32H43N3O8S. The average Bonchev–Trinajstić information content (AvgIpc) is 2.96. The molecule has 0 saturated carbocycles. The molecule has 0 aliphatic heterocycles. The zero-order valence-electron chi connectivity index (χ0n) is 25.9. The van der Waals surface area contributed by atoms with Crippen LogP contribution in [0.3, 0.4) is 0 Å². The molecule has 0 heterocycles. The second-order valence-electron chi connectivity index (χ2n) is 10.9. The fourth-order valence-corrected chi connectivity index (χ4v) is 4.48. The van der Waals surface area contributed by atoms with Crippen molar-refractivity contribution in [3.8, 4) is 0 Å². The quantitative estimate of drug-likeness (QED) is 0.116. The predicted molar refractivity (Wildman–Crippen MR) is 169 cm³/mol. The standard InChI is InChI=1S/C32H43N3O8S/c1-6-41-29(38)24(33)16-17-26(36)34-25(20-44)28(37)27(30(39)42-7-2)35(31(40)43-32(3,4)5)23-15-11-14-22(19-23)18-21-12-9-8-10-13-21/h8-15,19,24-25,27,44H,6-7,16-18,20,33H2,1-5H3,(H,34,36)/t24-,25-,27-/m0/s1. The van der Waals surface area contributed by atoms with Crippen LogP contribution in [0.1, 0.15) is 58.6 Å². The lowest BCUT2D eigenvalue weighted by Gasteiger charge is -2.33. The fraction of sp³-hybridized carbons (Fsp3) is 0.469. The summed E-state index contributed by atoms with van der Waals surface area (Å²) in [5.41, 5.74) is 6.88. The van der Waals surface area contributed by atoms with Crippen molar-refractivity contribution in [2.75, 3.05) is 23.9 Å². The highest BCUT2D eigenvalue weighted by atomic mass is 32.1. The Kier molecular flexibility index (Phi) is 14.4. The lowest BCUT2D eigenvalue weighted by molar-refractivity contribution is -0.149. The van der Waals surface area contributed by atoms with E-state index in [9.17, 15) is 24.0 Å². The van der Waals surface area contributed by atoms with Crippen LogP contribution in [-0.2, 0) is 39.8 Å². The molecule has 0 radical (unpaired) electrons. The molecule has 12 heteroatoms. The molecule has 2 amide bonds. The molecule has 0 spiro atoms. The van der Waals surface area contributed by atoms with Crippen LogP contribution in [0.4, 0.5) is 10.5 Å². The van der Waals surface area contributed by atoms with E-state index >= 15 is 0 Å². The molecule has 2 rings (SSSR count). The molecule has 3 atom stereocenters. The smallest absolute Gasteiger partial charge is 0.416 e. The van der Waals surface area contributed by atoms with Gasteiger partial charge in [0.15, 0.2) is 11.8 Å². The monoisotopic (exact) mass is 629 g/mol. The highest BCUT2D eigenvalue weighted by Crippen LogP contribution is 2.25. The van der Waals surface area contributed by atoms with E-state index in [-0.39, 0.29) is 37.5 Å². The van der Waals surface area contributed by atoms with E-state index in [2.05, 4.69) is 17.9 Å². The van der Waals surface area contributed by atoms with Crippen molar-refractivity contribution < 1.29 is 38.2 Å². The Labute approximate surface area is 264 Å². The van der Waals surface area contributed by atoms with E-state index in [1.807, 2.05) is 36.4 Å². The molecule has 3 N–H and O–H groups in total.